The first-order valence-corrected chi connectivity index (χ1v) is 4.45. The second-order valence-corrected chi connectivity index (χ2v) is 3.18. The van der Waals surface area contributed by atoms with Gasteiger partial charge in [-0.05, 0) is 12.1 Å². The van der Waals surface area contributed by atoms with E-state index in [1.165, 1.54) is 16.8 Å². The first-order chi connectivity index (χ1) is 7.16. The van der Waals surface area contributed by atoms with Crippen molar-refractivity contribution in [1.29, 1.82) is 0 Å². The number of aliphatic carboxylic acids is 1. The van der Waals surface area contributed by atoms with E-state index in [1.807, 2.05) is 0 Å². The summed E-state index contributed by atoms with van der Waals surface area (Å²) in [6.07, 6.45) is 5.63. The third-order valence-electron chi connectivity index (χ3n) is 1.77. The number of rotatable bonds is 2. The Morgan fingerprint density at radius 2 is 2.40 bits per heavy atom. The third kappa shape index (κ3) is 1.97. The molecule has 6 heteroatoms. The monoisotopic (exact) mass is 223 g/mol. The number of aromatic nitrogens is 3. The Hall–Kier alpha value is -1.88. The maximum absolute atomic E-state index is 10.3. The number of carbonyl (C=O) groups is 1. The molecule has 0 spiro atoms. The molecule has 0 aliphatic heterocycles. The minimum Gasteiger partial charge on any atom is -0.478 e. The van der Waals surface area contributed by atoms with Gasteiger partial charge in [0.25, 0.3) is 0 Å². The highest BCUT2D eigenvalue weighted by Crippen LogP contribution is 2.12. The molecule has 0 saturated carbocycles. The van der Waals surface area contributed by atoms with Crippen LogP contribution in [-0.2, 0) is 4.79 Å². The van der Waals surface area contributed by atoms with E-state index in [2.05, 4.69) is 10.1 Å². The molecule has 0 amide bonds. The van der Waals surface area contributed by atoms with Gasteiger partial charge in [-0.1, -0.05) is 11.6 Å². The lowest BCUT2D eigenvalue weighted by molar-refractivity contribution is -0.131. The van der Waals surface area contributed by atoms with E-state index in [0.717, 1.165) is 6.08 Å². The topological polar surface area (TPSA) is 67.5 Å². The van der Waals surface area contributed by atoms with Crippen molar-refractivity contribution >= 4 is 29.3 Å². The van der Waals surface area contributed by atoms with Crippen molar-refractivity contribution in [2.45, 2.75) is 0 Å². The van der Waals surface area contributed by atoms with Crippen LogP contribution in [0.3, 0.4) is 0 Å². The lowest BCUT2D eigenvalue weighted by Gasteiger charge is -1.93. The van der Waals surface area contributed by atoms with Crippen molar-refractivity contribution in [3.8, 4) is 0 Å². The van der Waals surface area contributed by atoms with E-state index < -0.39 is 5.97 Å². The summed E-state index contributed by atoms with van der Waals surface area (Å²) in [7, 11) is 0. The van der Waals surface area contributed by atoms with Crippen molar-refractivity contribution in [2.24, 2.45) is 0 Å². The van der Waals surface area contributed by atoms with Crippen molar-refractivity contribution in [1.82, 2.24) is 14.6 Å². The number of hydrogen-bond donors (Lipinski definition) is 1. The van der Waals surface area contributed by atoms with Gasteiger partial charge in [0.2, 0.25) is 0 Å². The van der Waals surface area contributed by atoms with Gasteiger partial charge in [0, 0.05) is 17.8 Å². The highest BCUT2D eigenvalue weighted by atomic mass is 35.5. The van der Waals surface area contributed by atoms with Crippen LogP contribution in [0.5, 0.6) is 0 Å². The molecule has 76 valence electrons. The second-order valence-electron chi connectivity index (χ2n) is 2.79. The molecule has 2 aromatic rings. The predicted octanol–water partition coefficient (Wildman–Crippen LogP) is 1.48. The minimum atomic E-state index is -1.02. The zero-order valence-corrected chi connectivity index (χ0v) is 8.22. The lowest BCUT2D eigenvalue weighted by Crippen LogP contribution is -1.89. The standard InChI is InChI=1S/C9H6ClN3O2/c10-7-3-4-13-9(12-7)6(5-11-13)1-2-8(14)15/h1-5H,(H,14,15). The summed E-state index contributed by atoms with van der Waals surface area (Å²) in [6.45, 7) is 0. The molecular weight excluding hydrogens is 218 g/mol. The summed E-state index contributed by atoms with van der Waals surface area (Å²) in [5.74, 6) is -1.02. The van der Waals surface area contributed by atoms with Crippen LogP contribution in [0, 0.1) is 0 Å². The van der Waals surface area contributed by atoms with E-state index in [-0.39, 0.29) is 0 Å². The molecule has 2 aromatic heterocycles. The Morgan fingerprint density at radius 3 is 3.13 bits per heavy atom. The van der Waals surface area contributed by atoms with E-state index in [4.69, 9.17) is 16.7 Å². The van der Waals surface area contributed by atoms with Gasteiger partial charge in [-0.3, -0.25) is 0 Å². The summed E-state index contributed by atoms with van der Waals surface area (Å²) in [5.41, 5.74) is 1.14. The van der Waals surface area contributed by atoms with E-state index in [9.17, 15) is 4.79 Å². The Kier molecular flexibility index (Phi) is 2.39. The highest BCUT2D eigenvalue weighted by molar-refractivity contribution is 6.29. The van der Waals surface area contributed by atoms with Crippen molar-refractivity contribution in [3.05, 3.63) is 35.3 Å². The third-order valence-corrected chi connectivity index (χ3v) is 1.98. The van der Waals surface area contributed by atoms with Crippen LogP contribution in [0.15, 0.2) is 24.5 Å². The van der Waals surface area contributed by atoms with Gasteiger partial charge in [0.1, 0.15) is 5.15 Å². The van der Waals surface area contributed by atoms with Crippen LogP contribution in [0.4, 0.5) is 0 Å². The Balaban J connectivity index is 2.52. The highest BCUT2D eigenvalue weighted by Gasteiger charge is 2.03. The number of nitrogens with zero attached hydrogens (tertiary/aromatic N) is 3. The molecule has 0 atom stereocenters. The summed E-state index contributed by atoms with van der Waals surface area (Å²) in [5, 5.41) is 12.8. The molecule has 0 saturated heterocycles. The maximum Gasteiger partial charge on any atom is 0.328 e. The molecule has 2 heterocycles. The van der Waals surface area contributed by atoms with Gasteiger partial charge in [-0.25, -0.2) is 14.3 Å². The molecule has 0 aliphatic rings. The number of carboxylic acids is 1. The molecular formula is C9H6ClN3O2. The fraction of sp³-hybridized carbons (Fsp3) is 0. The summed E-state index contributed by atoms with van der Waals surface area (Å²) >= 11 is 5.72. The summed E-state index contributed by atoms with van der Waals surface area (Å²) < 4.78 is 1.52. The van der Waals surface area contributed by atoms with Gasteiger partial charge >= 0.3 is 5.97 Å². The van der Waals surface area contributed by atoms with Gasteiger partial charge in [-0.2, -0.15) is 5.10 Å². The van der Waals surface area contributed by atoms with Crippen molar-refractivity contribution < 1.29 is 9.90 Å². The zero-order chi connectivity index (χ0) is 10.8. The van der Waals surface area contributed by atoms with Crippen LogP contribution >= 0.6 is 11.6 Å². The van der Waals surface area contributed by atoms with Crippen LogP contribution in [0.1, 0.15) is 5.56 Å². The first kappa shape index (κ1) is 9.67. The first-order valence-electron chi connectivity index (χ1n) is 4.08. The van der Waals surface area contributed by atoms with Gasteiger partial charge in [-0.15, -0.1) is 0 Å². The van der Waals surface area contributed by atoms with Crippen LogP contribution in [0.25, 0.3) is 11.7 Å². The summed E-state index contributed by atoms with van der Waals surface area (Å²) in [4.78, 5) is 14.4. The van der Waals surface area contributed by atoms with Crippen LogP contribution in [0.2, 0.25) is 5.15 Å². The van der Waals surface area contributed by atoms with Gasteiger partial charge in [0.05, 0.1) is 6.20 Å². The van der Waals surface area contributed by atoms with Crippen molar-refractivity contribution in [3.63, 3.8) is 0 Å². The number of halogens is 1. The number of carboxylic acid groups (broad SMARTS) is 1. The second kappa shape index (κ2) is 3.70. The predicted molar refractivity (Wildman–Crippen MR) is 54.7 cm³/mol. The molecule has 1 N–H and O–H groups in total. The molecule has 0 radical (unpaired) electrons. The maximum atomic E-state index is 10.3. The van der Waals surface area contributed by atoms with Crippen molar-refractivity contribution in [2.75, 3.05) is 0 Å². The average Bonchev–Trinajstić information content (AvgIpc) is 2.57. The normalized spacial score (nSPS) is 11.3. The molecule has 0 aliphatic carbocycles. The van der Waals surface area contributed by atoms with Gasteiger partial charge in [0.15, 0.2) is 5.65 Å². The smallest absolute Gasteiger partial charge is 0.328 e. The molecule has 0 bridgehead atoms. The average molecular weight is 224 g/mol. The molecule has 0 aromatic carbocycles. The van der Waals surface area contributed by atoms with Crippen LogP contribution < -0.4 is 0 Å². The largest absolute Gasteiger partial charge is 0.478 e. The van der Waals surface area contributed by atoms with E-state index in [1.54, 1.807) is 12.3 Å². The summed E-state index contributed by atoms with van der Waals surface area (Å²) in [6, 6.07) is 1.60. The fourth-order valence-corrected chi connectivity index (χ4v) is 1.28. The Morgan fingerprint density at radius 1 is 1.60 bits per heavy atom. The minimum absolute atomic E-state index is 0.341. The molecule has 15 heavy (non-hydrogen) atoms. The number of fused-ring (bicyclic) bond motifs is 1. The molecule has 0 fully saturated rings. The molecule has 0 unspecified atom stereocenters. The van der Waals surface area contributed by atoms with Crippen LogP contribution in [-0.4, -0.2) is 25.7 Å². The molecule has 2 rings (SSSR count). The van der Waals surface area contributed by atoms with Gasteiger partial charge < -0.3 is 5.11 Å². The van der Waals surface area contributed by atoms with E-state index >= 15 is 0 Å². The Labute approximate surface area is 89.6 Å². The lowest BCUT2D eigenvalue weighted by atomic mass is 10.3. The number of hydrogen-bond acceptors (Lipinski definition) is 3. The molecule has 5 nitrogen and oxygen atoms in total. The SMILES string of the molecule is O=C(O)C=Cc1cnn2ccc(Cl)nc12. The zero-order valence-electron chi connectivity index (χ0n) is 7.46. The van der Waals surface area contributed by atoms with E-state index in [0.29, 0.717) is 16.4 Å². The quantitative estimate of drug-likeness (QED) is 0.619. The Bertz CT molecular complexity index is 547. The fourth-order valence-electron chi connectivity index (χ4n) is 1.14.